The fourth-order valence-electron chi connectivity index (χ4n) is 2.59. The second kappa shape index (κ2) is 4.79. The van der Waals surface area contributed by atoms with Gasteiger partial charge >= 0.3 is 0 Å². The van der Waals surface area contributed by atoms with Gasteiger partial charge in [-0.2, -0.15) is 5.10 Å². The Kier molecular flexibility index (Phi) is 3.41. The summed E-state index contributed by atoms with van der Waals surface area (Å²) in [5, 5.41) is 4.51. The lowest BCUT2D eigenvalue weighted by Gasteiger charge is -2.21. The summed E-state index contributed by atoms with van der Waals surface area (Å²) in [4.78, 5) is 0. The van der Waals surface area contributed by atoms with Gasteiger partial charge < -0.3 is 5.73 Å². The first-order chi connectivity index (χ1) is 7.31. The third-order valence-corrected chi connectivity index (χ3v) is 3.39. The highest BCUT2D eigenvalue weighted by Crippen LogP contribution is 2.32. The zero-order valence-corrected chi connectivity index (χ0v) is 9.58. The maximum Gasteiger partial charge on any atom is 0.0640 e. The Morgan fingerprint density at radius 3 is 2.80 bits per heavy atom. The normalized spacial score (nSPS) is 18.3. The van der Waals surface area contributed by atoms with Crippen LogP contribution < -0.4 is 5.73 Å². The summed E-state index contributed by atoms with van der Waals surface area (Å²) in [5.74, 6) is 0.739. The molecule has 0 spiro atoms. The minimum Gasteiger partial charge on any atom is -0.330 e. The first kappa shape index (κ1) is 10.7. The van der Waals surface area contributed by atoms with Crippen molar-refractivity contribution in [3.05, 3.63) is 17.5 Å². The highest BCUT2D eigenvalue weighted by Gasteiger charge is 2.19. The Morgan fingerprint density at radius 1 is 1.40 bits per heavy atom. The Bertz CT molecular complexity index is 311. The predicted octanol–water partition coefficient (Wildman–Crippen LogP) is 1.97. The average molecular weight is 207 g/mol. The van der Waals surface area contributed by atoms with Crippen LogP contribution >= 0.6 is 0 Å². The molecular formula is C12H21N3. The van der Waals surface area contributed by atoms with Crippen LogP contribution in [0, 0.1) is 0 Å². The summed E-state index contributed by atoms with van der Waals surface area (Å²) >= 11 is 0. The molecule has 0 unspecified atom stereocenters. The molecule has 1 aliphatic carbocycles. The standard InChI is InChI=1S/C12H21N3/c1-15-12(9-11(14-15)7-8-13)10-5-3-2-4-6-10/h9-10H,2-8,13H2,1H3. The molecule has 0 saturated heterocycles. The van der Waals surface area contributed by atoms with Crippen molar-refractivity contribution < 1.29 is 0 Å². The van der Waals surface area contributed by atoms with E-state index >= 15 is 0 Å². The van der Waals surface area contributed by atoms with Gasteiger partial charge in [-0.05, 0) is 25.5 Å². The maximum absolute atomic E-state index is 5.55. The lowest BCUT2D eigenvalue weighted by atomic mass is 9.87. The van der Waals surface area contributed by atoms with Crippen molar-refractivity contribution in [2.75, 3.05) is 6.54 Å². The zero-order chi connectivity index (χ0) is 10.7. The molecule has 3 nitrogen and oxygen atoms in total. The monoisotopic (exact) mass is 207 g/mol. The number of aryl methyl sites for hydroxylation is 1. The third kappa shape index (κ3) is 2.40. The summed E-state index contributed by atoms with van der Waals surface area (Å²) in [5.41, 5.74) is 8.12. The topological polar surface area (TPSA) is 43.8 Å². The molecule has 1 heterocycles. The summed E-state index contributed by atoms with van der Waals surface area (Å²) in [7, 11) is 2.06. The summed E-state index contributed by atoms with van der Waals surface area (Å²) in [6.07, 6.45) is 7.73. The quantitative estimate of drug-likeness (QED) is 0.823. The van der Waals surface area contributed by atoms with E-state index in [-0.39, 0.29) is 0 Å². The fourth-order valence-corrected chi connectivity index (χ4v) is 2.59. The number of aromatic nitrogens is 2. The molecule has 3 heteroatoms. The van der Waals surface area contributed by atoms with E-state index < -0.39 is 0 Å². The molecule has 1 aromatic rings. The highest BCUT2D eigenvalue weighted by atomic mass is 15.3. The van der Waals surface area contributed by atoms with E-state index in [1.54, 1.807) is 0 Å². The van der Waals surface area contributed by atoms with Crippen molar-refractivity contribution in [1.82, 2.24) is 9.78 Å². The number of hydrogen-bond acceptors (Lipinski definition) is 2. The number of rotatable bonds is 3. The molecule has 1 fully saturated rings. The molecule has 0 bridgehead atoms. The first-order valence-corrected chi connectivity index (χ1v) is 6.04. The van der Waals surface area contributed by atoms with E-state index in [2.05, 4.69) is 22.9 Å². The van der Waals surface area contributed by atoms with Gasteiger partial charge in [-0.1, -0.05) is 19.3 Å². The lowest BCUT2D eigenvalue weighted by Crippen LogP contribution is -2.09. The van der Waals surface area contributed by atoms with Crippen LogP contribution in [-0.2, 0) is 13.5 Å². The number of hydrogen-bond donors (Lipinski definition) is 1. The molecule has 0 amide bonds. The average Bonchev–Trinajstić information content (AvgIpc) is 2.61. The Labute approximate surface area is 91.7 Å². The van der Waals surface area contributed by atoms with Gasteiger partial charge in [0.25, 0.3) is 0 Å². The molecule has 1 aliphatic rings. The van der Waals surface area contributed by atoms with E-state index in [1.807, 2.05) is 0 Å². The zero-order valence-electron chi connectivity index (χ0n) is 9.58. The van der Waals surface area contributed by atoms with Gasteiger partial charge in [0.1, 0.15) is 0 Å². The minimum atomic E-state index is 0.696. The summed E-state index contributed by atoms with van der Waals surface area (Å²) in [6, 6.07) is 2.25. The second-order valence-electron chi connectivity index (χ2n) is 4.56. The molecule has 0 atom stereocenters. The Balaban J connectivity index is 2.11. The molecule has 0 aromatic carbocycles. The van der Waals surface area contributed by atoms with Crippen LogP contribution in [0.4, 0.5) is 0 Å². The Hall–Kier alpha value is -0.830. The fraction of sp³-hybridized carbons (Fsp3) is 0.750. The van der Waals surface area contributed by atoms with Gasteiger partial charge in [0.05, 0.1) is 5.69 Å². The van der Waals surface area contributed by atoms with Gasteiger partial charge in [0.15, 0.2) is 0 Å². The summed E-state index contributed by atoms with van der Waals surface area (Å²) < 4.78 is 2.06. The van der Waals surface area contributed by atoms with E-state index in [9.17, 15) is 0 Å². The SMILES string of the molecule is Cn1nc(CCN)cc1C1CCCCC1. The molecule has 0 radical (unpaired) electrons. The van der Waals surface area contributed by atoms with Crippen LogP contribution in [0.25, 0.3) is 0 Å². The van der Waals surface area contributed by atoms with Gasteiger partial charge in [-0.25, -0.2) is 0 Å². The van der Waals surface area contributed by atoms with Crippen molar-refractivity contribution in [2.45, 2.75) is 44.4 Å². The van der Waals surface area contributed by atoms with E-state index in [4.69, 9.17) is 5.73 Å². The molecule has 1 aromatic heterocycles. The van der Waals surface area contributed by atoms with Crippen molar-refractivity contribution >= 4 is 0 Å². The summed E-state index contributed by atoms with van der Waals surface area (Å²) in [6.45, 7) is 0.696. The number of nitrogens with zero attached hydrogens (tertiary/aromatic N) is 2. The highest BCUT2D eigenvalue weighted by molar-refractivity contribution is 5.15. The van der Waals surface area contributed by atoms with Crippen LogP contribution in [0.2, 0.25) is 0 Å². The molecule has 2 rings (SSSR count). The molecule has 15 heavy (non-hydrogen) atoms. The van der Waals surface area contributed by atoms with Crippen LogP contribution in [0.15, 0.2) is 6.07 Å². The molecular weight excluding hydrogens is 186 g/mol. The van der Waals surface area contributed by atoms with Gasteiger partial charge in [0, 0.05) is 25.1 Å². The van der Waals surface area contributed by atoms with E-state index in [0.29, 0.717) is 6.54 Å². The van der Waals surface area contributed by atoms with Crippen LogP contribution in [0.1, 0.15) is 49.4 Å². The first-order valence-electron chi connectivity index (χ1n) is 6.04. The lowest BCUT2D eigenvalue weighted by molar-refractivity contribution is 0.424. The molecule has 0 aliphatic heterocycles. The van der Waals surface area contributed by atoms with Crippen LogP contribution in [0.5, 0.6) is 0 Å². The van der Waals surface area contributed by atoms with Crippen LogP contribution in [0.3, 0.4) is 0 Å². The predicted molar refractivity (Wildman–Crippen MR) is 61.8 cm³/mol. The molecule has 2 N–H and O–H groups in total. The molecule has 1 saturated carbocycles. The Morgan fingerprint density at radius 2 is 2.13 bits per heavy atom. The van der Waals surface area contributed by atoms with Gasteiger partial charge in [0.2, 0.25) is 0 Å². The van der Waals surface area contributed by atoms with Crippen molar-refractivity contribution in [1.29, 1.82) is 0 Å². The van der Waals surface area contributed by atoms with Crippen molar-refractivity contribution in [3.63, 3.8) is 0 Å². The maximum atomic E-state index is 5.55. The van der Waals surface area contributed by atoms with E-state index in [0.717, 1.165) is 18.0 Å². The second-order valence-corrected chi connectivity index (χ2v) is 4.56. The van der Waals surface area contributed by atoms with Crippen molar-refractivity contribution in [3.8, 4) is 0 Å². The third-order valence-electron chi connectivity index (χ3n) is 3.39. The van der Waals surface area contributed by atoms with E-state index in [1.165, 1.54) is 37.8 Å². The van der Waals surface area contributed by atoms with Gasteiger partial charge in [-0.15, -0.1) is 0 Å². The van der Waals surface area contributed by atoms with Crippen molar-refractivity contribution in [2.24, 2.45) is 12.8 Å². The number of nitrogens with two attached hydrogens (primary N) is 1. The van der Waals surface area contributed by atoms with Crippen LogP contribution in [-0.4, -0.2) is 16.3 Å². The largest absolute Gasteiger partial charge is 0.330 e. The molecule has 84 valence electrons. The van der Waals surface area contributed by atoms with Gasteiger partial charge in [-0.3, -0.25) is 4.68 Å². The minimum absolute atomic E-state index is 0.696. The smallest absolute Gasteiger partial charge is 0.0640 e.